The second-order valence-electron chi connectivity index (χ2n) is 5.89. The van der Waals surface area contributed by atoms with E-state index in [-0.39, 0.29) is 18.2 Å². The normalized spacial score (nSPS) is 10.1. The Kier molecular flexibility index (Phi) is 6.20. The third-order valence-electron chi connectivity index (χ3n) is 3.78. The number of carbonyl (C=O) groups is 1. The molecule has 3 aromatic carbocycles. The summed E-state index contributed by atoms with van der Waals surface area (Å²) in [4.78, 5) is 22.2. The zero-order valence-electron chi connectivity index (χ0n) is 14.9. The van der Waals surface area contributed by atoms with Crippen LogP contribution < -0.4 is 14.8 Å². The highest BCUT2D eigenvalue weighted by molar-refractivity contribution is 5.92. The lowest BCUT2D eigenvalue weighted by molar-refractivity contribution is -0.384. The van der Waals surface area contributed by atoms with Crippen LogP contribution in [0.25, 0.3) is 0 Å². The zero-order chi connectivity index (χ0) is 19.8. The number of non-ortho nitro benzene ring substituents is 1. The lowest BCUT2D eigenvalue weighted by atomic mass is 10.2. The molecule has 142 valence electrons. The van der Waals surface area contributed by atoms with Crippen LogP contribution in [0, 0.1) is 10.1 Å². The van der Waals surface area contributed by atoms with Gasteiger partial charge in [0.2, 0.25) is 0 Å². The van der Waals surface area contributed by atoms with Crippen molar-refractivity contribution in [2.75, 3.05) is 11.9 Å². The first kappa shape index (κ1) is 18.9. The number of hydrogen-bond donors (Lipinski definition) is 1. The van der Waals surface area contributed by atoms with Crippen molar-refractivity contribution in [3.8, 4) is 11.5 Å². The predicted molar refractivity (Wildman–Crippen MR) is 104 cm³/mol. The van der Waals surface area contributed by atoms with Crippen LogP contribution in [0.1, 0.15) is 5.56 Å². The highest BCUT2D eigenvalue weighted by Gasteiger charge is 2.07. The predicted octanol–water partition coefficient (Wildman–Crippen LogP) is 4.19. The summed E-state index contributed by atoms with van der Waals surface area (Å²) < 4.78 is 11.1. The molecule has 3 aromatic rings. The Morgan fingerprint density at radius 1 is 0.893 bits per heavy atom. The van der Waals surface area contributed by atoms with Gasteiger partial charge in [-0.05, 0) is 29.8 Å². The van der Waals surface area contributed by atoms with Crippen LogP contribution in [0.3, 0.4) is 0 Å². The molecule has 28 heavy (non-hydrogen) atoms. The summed E-state index contributed by atoms with van der Waals surface area (Å²) in [6.45, 7) is 0.217. The summed E-state index contributed by atoms with van der Waals surface area (Å²) in [7, 11) is 0. The molecule has 0 fully saturated rings. The van der Waals surface area contributed by atoms with E-state index in [0.717, 1.165) is 5.56 Å². The summed E-state index contributed by atoms with van der Waals surface area (Å²) in [5.74, 6) is 0.664. The van der Waals surface area contributed by atoms with E-state index in [4.69, 9.17) is 9.47 Å². The number of carbonyl (C=O) groups excluding carboxylic acids is 1. The number of benzene rings is 3. The zero-order valence-corrected chi connectivity index (χ0v) is 14.9. The largest absolute Gasteiger partial charge is 0.489 e. The summed E-state index contributed by atoms with van der Waals surface area (Å²) in [5.41, 5.74) is 1.60. The van der Waals surface area contributed by atoms with Gasteiger partial charge in [-0.2, -0.15) is 0 Å². The van der Waals surface area contributed by atoms with Crippen LogP contribution in [0.15, 0.2) is 78.9 Å². The second-order valence-corrected chi connectivity index (χ2v) is 5.89. The molecule has 7 nitrogen and oxygen atoms in total. The molecule has 0 spiro atoms. The molecular weight excluding hydrogens is 360 g/mol. The minimum absolute atomic E-state index is 0.0379. The molecule has 0 atom stereocenters. The molecule has 1 N–H and O–H groups in total. The highest BCUT2D eigenvalue weighted by Crippen LogP contribution is 2.19. The maximum Gasteiger partial charge on any atom is 0.269 e. The van der Waals surface area contributed by atoms with Gasteiger partial charge in [-0.25, -0.2) is 0 Å². The Labute approximate surface area is 161 Å². The quantitative estimate of drug-likeness (QED) is 0.469. The number of ether oxygens (including phenoxy) is 2. The number of nitro groups is 1. The number of rotatable bonds is 8. The molecule has 0 radical (unpaired) electrons. The third kappa shape index (κ3) is 5.57. The first-order chi connectivity index (χ1) is 13.6. The number of nitro benzene ring substituents is 1. The van der Waals surface area contributed by atoms with E-state index in [0.29, 0.717) is 23.8 Å². The number of nitrogens with zero attached hydrogens (tertiary/aromatic N) is 1. The highest BCUT2D eigenvalue weighted by atomic mass is 16.6. The van der Waals surface area contributed by atoms with Crippen LogP contribution in [0.5, 0.6) is 11.5 Å². The van der Waals surface area contributed by atoms with Gasteiger partial charge in [0.05, 0.1) is 4.92 Å². The number of anilines is 1. The fourth-order valence-corrected chi connectivity index (χ4v) is 2.41. The molecule has 7 heteroatoms. The number of amides is 1. The van der Waals surface area contributed by atoms with Crippen LogP contribution in [-0.2, 0) is 11.4 Å². The van der Waals surface area contributed by atoms with Crippen molar-refractivity contribution >= 4 is 17.3 Å². The summed E-state index contributed by atoms with van der Waals surface area (Å²) in [5, 5.41) is 13.4. The molecule has 1 amide bonds. The van der Waals surface area contributed by atoms with Crippen molar-refractivity contribution in [2.45, 2.75) is 6.61 Å². The van der Waals surface area contributed by atoms with Gasteiger partial charge >= 0.3 is 0 Å². The minimum atomic E-state index is -0.497. The molecule has 0 aromatic heterocycles. The first-order valence-corrected chi connectivity index (χ1v) is 8.54. The molecule has 0 bridgehead atoms. The molecule has 0 heterocycles. The van der Waals surface area contributed by atoms with E-state index >= 15 is 0 Å². The van der Waals surface area contributed by atoms with Gasteiger partial charge < -0.3 is 14.8 Å². The van der Waals surface area contributed by atoms with Gasteiger partial charge in [-0.3, -0.25) is 14.9 Å². The fraction of sp³-hybridized carbons (Fsp3) is 0.0952. The van der Waals surface area contributed by atoms with Gasteiger partial charge in [-0.15, -0.1) is 0 Å². The number of nitrogens with one attached hydrogen (secondary N) is 1. The maximum absolute atomic E-state index is 12.1. The second kappa shape index (κ2) is 9.18. The lowest BCUT2D eigenvalue weighted by Gasteiger charge is -2.10. The fourth-order valence-electron chi connectivity index (χ4n) is 2.41. The van der Waals surface area contributed by atoms with Gasteiger partial charge in [-0.1, -0.05) is 36.4 Å². The average molecular weight is 378 g/mol. The van der Waals surface area contributed by atoms with Crippen molar-refractivity contribution in [1.29, 1.82) is 0 Å². The summed E-state index contributed by atoms with van der Waals surface area (Å²) >= 11 is 0. The minimum Gasteiger partial charge on any atom is -0.489 e. The molecule has 0 aliphatic carbocycles. The Morgan fingerprint density at radius 2 is 1.64 bits per heavy atom. The maximum atomic E-state index is 12.1. The SMILES string of the molecule is O=C(COc1ccc([N+](=O)[O-])cc1)Nc1cccc(OCc2ccccc2)c1. The molecule has 0 saturated carbocycles. The van der Waals surface area contributed by atoms with Crippen molar-refractivity contribution in [1.82, 2.24) is 0 Å². The van der Waals surface area contributed by atoms with E-state index in [2.05, 4.69) is 5.32 Å². The standard InChI is InChI=1S/C21H18N2O5/c24-21(15-28-19-11-9-18(10-12-19)23(25)26)22-17-7-4-8-20(13-17)27-14-16-5-2-1-3-6-16/h1-13H,14-15H2,(H,22,24). The Morgan fingerprint density at radius 3 is 2.36 bits per heavy atom. The Hall–Kier alpha value is -3.87. The van der Waals surface area contributed by atoms with E-state index in [1.165, 1.54) is 24.3 Å². The van der Waals surface area contributed by atoms with Gasteiger partial charge in [0.25, 0.3) is 11.6 Å². The van der Waals surface area contributed by atoms with Gasteiger partial charge in [0.15, 0.2) is 6.61 Å². The monoisotopic (exact) mass is 378 g/mol. The summed E-state index contributed by atoms with van der Waals surface area (Å²) in [6.07, 6.45) is 0. The summed E-state index contributed by atoms with van der Waals surface area (Å²) in [6, 6.07) is 22.4. The molecule has 0 saturated heterocycles. The van der Waals surface area contributed by atoms with E-state index in [1.807, 2.05) is 36.4 Å². The molecule has 0 aliphatic heterocycles. The van der Waals surface area contributed by atoms with Crippen LogP contribution in [0.2, 0.25) is 0 Å². The Bertz CT molecular complexity index is 943. The first-order valence-electron chi connectivity index (χ1n) is 8.54. The van der Waals surface area contributed by atoms with E-state index in [1.54, 1.807) is 18.2 Å². The molecule has 0 unspecified atom stereocenters. The third-order valence-corrected chi connectivity index (χ3v) is 3.78. The smallest absolute Gasteiger partial charge is 0.269 e. The Balaban J connectivity index is 1.50. The lowest BCUT2D eigenvalue weighted by Crippen LogP contribution is -2.20. The van der Waals surface area contributed by atoms with E-state index < -0.39 is 4.92 Å². The number of hydrogen-bond acceptors (Lipinski definition) is 5. The van der Waals surface area contributed by atoms with Crippen molar-refractivity contribution in [3.63, 3.8) is 0 Å². The molecule has 0 aliphatic rings. The van der Waals surface area contributed by atoms with E-state index in [9.17, 15) is 14.9 Å². The molecule has 3 rings (SSSR count). The molecular formula is C21H18N2O5. The van der Waals surface area contributed by atoms with Crippen LogP contribution in [0.4, 0.5) is 11.4 Å². The van der Waals surface area contributed by atoms with Crippen molar-refractivity contribution < 1.29 is 19.2 Å². The van der Waals surface area contributed by atoms with Crippen LogP contribution >= 0.6 is 0 Å². The van der Waals surface area contributed by atoms with Crippen molar-refractivity contribution in [2.24, 2.45) is 0 Å². The van der Waals surface area contributed by atoms with Crippen LogP contribution in [-0.4, -0.2) is 17.4 Å². The average Bonchev–Trinajstić information content (AvgIpc) is 2.72. The van der Waals surface area contributed by atoms with Gasteiger partial charge in [0, 0.05) is 23.9 Å². The topological polar surface area (TPSA) is 90.7 Å². The van der Waals surface area contributed by atoms with Crippen molar-refractivity contribution in [3.05, 3.63) is 94.5 Å². The van der Waals surface area contributed by atoms with Gasteiger partial charge in [0.1, 0.15) is 18.1 Å².